The molecule has 1 aliphatic carbocycles. The Labute approximate surface area is 164 Å². The van der Waals surface area contributed by atoms with Crippen LogP contribution in [0, 0.1) is 5.92 Å². The zero-order valence-corrected chi connectivity index (χ0v) is 17.2. The van der Waals surface area contributed by atoms with Gasteiger partial charge in [0.25, 0.3) is 5.56 Å². The quantitative estimate of drug-likeness (QED) is 0.597. The van der Waals surface area contributed by atoms with E-state index >= 15 is 0 Å². The van der Waals surface area contributed by atoms with E-state index in [-0.39, 0.29) is 22.8 Å². The van der Waals surface area contributed by atoms with Crippen LogP contribution in [0.25, 0.3) is 10.9 Å². The summed E-state index contributed by atoms with van der Waals surface area (Å²) in [6.07, 6.45) is 6.28. The molecule has 1 saturated carbocycles. The van der Waals surface area contributed by atoms with E-state index in [1.165, 1.54) is 43.9 Å². The lowest BCUT2D eigenvalue weighted by molar-refractivity contribution is -0.120. The molecule has 27 heavy (non-hydrogen) atoms. The average Bonchev–Trinajstić information content (AvgIpc) is 2.66. The monoisotopic (exact) mass is 387 g/mol. The predicted octanol–water partition coefficient (Wildman–Crippen LogP) is 4.15. The van der Waals surface area contributed by atoms with Crippen molar-refractivity contribution in [2.45, 2.75) is 69.3 Å². The highest BCUT2D eigenvalue weighted by Crippen LogP contribution is 2.26. The fourth-order valence-corrected chi connectivity index (χ4v) is 4.72. The number of hydrogen-bond donors (Lipinski definition) is 1. The summed E-state index contributed by atoms with van der Waals surface area (Å²) in [5.41, 5.74) is 0.629. The molecule has 2 aromatic rings. The molecule has 1 N–H and O–H groups in total. The van der Waals surface area contributed by atoms with Crippen molar-refractivity contribution in [2.75, 3.05) is 6.54 Å². The van der Waals surface area contributed by atoms with E-state index < -0.39 is 0 Å². The van der Waals surface area contributed by atoms with Crippen molar-refractivity contribution in [2.24, 2.45) is 5.92 Å². The number of carbonyl (C=O) groups excluding carboxylic acids is 1. The molecule has 1 amide bonds. The van der Waals surface area contributed by atoms with Crippen LogP contribution in [0.2, 0.25) is 0 Å². The number of thioether (sulfide) groups is 1. The fraction of sp³-hybridized carbons (Fsp3) is 0.571. The molecule has 5 nitrogen and oxygen atoms in total. The molecule has 0 saturated heterocycles. The first-order chi connectivity index (χ1) is 13.0. The van der Waals surface area contributed by atoms with Crippen molar-refractivity contribution in [3.8, 4) is 0 Å². The Bertz CT molecular complexity index is 856. The molecule has 1 aromatic heterocycles. The van der Waals surface area contributed by atoms with Gasteiger partial charge < -0.3 is 5.32 Å². The van der Waals surface area contributed by atoms with Crippen LogP contribution >= 0.6 is 11.8 Å². The fourth-order valence-electron chi connectivity index (χ4n) is 3.66. The number of hydrogen-bond acceptors (Lipinski definition) is 4. The summed E-state index contributed by atoms with van der Waals surface area (Å²) < 4.78 is 1.69. The molecule has 146 valence electrons. The molecule has 1 aromatic carbocycles. The first-order valence-corrected chi connectivity index (χ1v) is 10.8. The Hall–Kier alpha value is -1.82. The van der Waals surface area contributed by atoms with Crippen LogP contribution in [0.5, 0.6) is 0 Å². The van der Waals surface area contributed by atoms with E-state index in [0.717, 1.165) is 6.54 Å². The molecule has 1 aliphatic rings. The van der Waals surface area contributed by atoms with Crippen molar-refractivity contribution in [1.29, 1.82) is 0 Å². The van der Waals surface area contributed by atoms with Gasteiger partial charge in [0.05, 0.1) is 16.2 Å². The van der Waals surface area contributed by atoms with Crippen LogP contribution in [0.15, 0.2) is 34.2 Å². The molecule has 0 bridgehead atoms. The number of carbonyl (C=O) groups is 1. The summed E-state index contributed by atoms with van der Waals surface area (Å²) >= 11 is 1.36. The van der Waals surface area contributed by atoms with Crippen molar-refractivity contribution < 1.29 is 4.79 Å². The van der Waals surface area contributed by atoms with E-state index in [0.29, 0.717) is 22.0 Å². The Morgan fingerprint density at radius 1 is 1.22 bits per heavy atom. The summed E-state index contributed by atoms with van der Waals surface area (Å²) in [7, 11) is 0. The van der Waals surface area contributed by atoms with Crippen molar-refractivity contribution in [3.63, 3.8) is 0 Å². The number of benzene rings is 1. The maximum atomic E-state index is 12.9. The van der Waals surface area contributed by atoms with Crippen LogP contribution in [0.4, 0.5) is 0 Å². The smallest absolute Gasteiger partial charge is 0.262 e. The van der Waals surface area contributed by atoms with E-state index in [1.807, 2.05) is 39.0 Å². The van der Waals surface area contributed by atoms with Gasteiger partial charge in [-0.05, 0) is 51.7 Å². The maximum absolute atomic E-state index is 12.9. The number of nitrogens with zero attached hydrogens (tertiary/aromatic N) is 2. The predicted molar refractivity (Wildman–Crippen MR) is 111 cm³/mol. The summed E-state index contributed by atoms with van der Waals surface area (Å²) in [6, 6.07) is 7.36. The Kier molecular flexibility index (Phi) is 6.58. The maximum Gasteiger partial charge on any atom is 0.262 e. The minimum absolute atomic E-state index is 0.0169. The molecule has 1 atom stereocenters. The van der Waals surface area contributed by atoms with Gasteiger partial charge in [0.15, 0.2) is 5.16 Å². The van der Waals surface area contributed by atoms with Crippen LogP contribution in [-0.4, -0.2) is 27.3 Å². The number of aromatic nitrogens is 2. The second-order valence-electron chi connectivity index (χ2n) is 7.69. The Balaban J connectivity index is 1.75. The van der Waals surface area contributed by atoms with E-state index in [9.17, 15) is 9.59 Å². The van der Waals surface area contributed by atoms with Gasteiger partial charge >= 0.3 is 0 Å². The van der Waals surface area contributed by atoms with Gasteiger partial charge in [-0.2, -0.15) is 0 Å². The van der Waals surface area contributed by atoms with Gasteiger partial charge in [-0.15, -0.1) is 0 Å². The molecule has 6 heteroatoms. The zero-order chi connectivity index (χ0) is 19.4. The van der Waals surface area contributed by atoms with E-state index in [2.05, 4.69) is 10.3 Å². The average molecular weight is 388 g/mol. The Morgan fingerprint density at radius 2 is 1.93 bits per heavy atom. The summed E-state index contributed by atoms with van der Waals surface area (Å²) in [6.45, 7) is 6.57. The third kappa shape index (κ3) is 4.72. The van der Waals surface area contributed by atoms with Gasteiger partial charge in [-0.3, -0.25) is 14.2 Å². The standard InChI is InChI=1S/C21H29N3O2S/c1-14(2)24-20(26)17-11-7-8-12-18(17)23-21(24)27-15(3)19(25)22-13-16-9-5-4-6-10-16/h7-8,11-12,14-16H,4-6,9-10,13H2,1-3H3,(H,22,25). The third-order valence-corrected chi connectivity index (χ3v) is 6.30. The summed E-state index contributed by atoms with van der Waals surface area (Å²) in [5.74, 6) is 0.621. The molecule has 3 rings (SSSR count). The first kappa shape index (κ1) is 19.9. The second-order valence-corrected chi connectivity index (χ2v) is 9.00. The van der Waals surface area contributed by atoms with Gasteiger partial charge in [-0.1, -0.05) is 43.2 Å². The third-order valence-electron chi connectivity index (χ3n) is 5.23. The molecule has 1 fully saturated rings. The highest BCUT2D eigenvalue weighted by molar-refractivity contribution is 8.00. The van der Waals surface area contributed by atoms with Crippen LogP contribution in [-0.2, 0) is 4.79 Å². The highest BCUT2D eigenvalue weighted by Gasteiger charge is 2.21. The van der Waals surface area contributed by atoms with Crippen LogP contribution in [0.3, 0.4) is 0 Å². The van der Waals surface area contributed by atoms with E-state index in [4.69, 9.17) is 0 Å². The normalized spacial score (nSPS) is 16.6. The topological polar surface area (TPSA) is 64.0 Å². The second kappa shape index (κ2) is 8.91. The number of fused-ring (bicyclic) bond motifs is 1. The Morgan fingerprint density at radius 3 is 2.63 bits per heavy atom. The molecule has 0 radical (unpaired) electrons. The minimum Gasteiger partial charge on any atom is -0.355 e. The SMILES string of the molecule is CC(Sc1nc2ccccc2c(=O)n1C(C)C)C(=O)NCC1CCCCC1. The lowest BCUT2D eigenvalue weighted by Crippen LogP contribution is -2.36. The lowest BCUT2D eigenvalue weighted by atomic mass is 9.89. The largest absolute Gasteiger partial charge is 0.355 e. The number of nitrogens with one attached hydrogen (secondary N) is 1. The lowest BCUT2D eigenvalue weighted by Gasteiger charge is -2.23. The van der Waals surface area contributed by atoms with Gasteiger partial charge in [0.2, 0.25) is 5.91 Å². The van der Waals surface area contributed by atoms with Gasteiger partial charge in [0.1, 0.15) is 0 Å². The van der Waals surface area contributed by atoms with Gasteiger partial charge in [-0.25, -0.2) is 4.98 Å². The van der Waals surface area contributed by atoms with Crippen molar-refractivity contribution in [1.82, 2.24) is 14.9 Å². The summed E-state index contributed by atoms with van der Waals surface area (Å²) in [5, 5.41) is 4.02. The number of para-hydroxylation sites is 1. The zero-order valence-electron chi connectivity index (χ0n) is 16.4. The molecule has 1 heterocycles. The van der Waals surface area contributed by atoms with E-state index in [1.54, 1.807) is 10.6 Å². The van der Waals surface area contributed by atoms with Gasteiger partial charge in [0, 0.05) is 12.6 Å². The van der Waals surface area contributed by atoms with Crippen molar-refractivity contribution >= 4 is 28.6 Å². The number of rotatable bonds is 6. The first-order valence-electron chi connectivity index (χ1n) is 9.93. The molecule has 0 aliphatic heterocycles. The molecular weight excluding hydrogens is 358 g/mol. The minimum atomic E-state index is -0.299. The molecular formula is C21H29N3O2S. The molecule has 0 spiro atoms. The summed E-state index contributed by atoms with van der Waals surface area (Å²) in [4.78, 5) is 30.1. The van der Waals surface area contributed by atoms with Crippen molar-refractivity contribution in [3.05, 3.63) is 34.6 Å². The number of amides is 1. The molecule has 1 unspecified atom stereocenters. The highest BCUT2D eigenvalue weighted by atomic mass is 32.2. The van der Waals surface area contributed by atoms with Crippen LogP contribution in [0.1, 0.15) is 58.9 Å². The van der Waals surface area contributed by atoms with Crippen LogP contribution < -0.4 is 10.9 Å².